The van der Waals surface area contributed by atoms with Crippen molar-refractivity contribution in [2.45, 2.75) is 43.9 Å². The number of alkyl halides is 5. The molecule has 0 saturated carbocycles. The molecule has 3 N–H and O–H groups in total. The molecule has 1 atom stereocenters. The largest absolute Gasteiger partial charge is 0.435 e. The highest BCUT2D eigenvalue weighted by Gasteiger charge is 2.50. The van der Waals surface area contributed by atoms with Crippen molar-refractivity contribution in [1.82, 2.24) is 34.8 Å². The van der Waals surface area contributed by atoms with Crippen molar-refractivity contribution in [3.8, 4) is 11.1 Å². The summed E-state index contributed by atoms with van der Waals surface area (Å²) in [6.07, 6.45) is -4.86. The number of fused-ring (bicyclic) bond motifs is 3. The van der Waals surface area contributed by atoms with E-state index in [1.807, 2.05) is 24.5 Å². The lowest BCUT2D eigenvalue weighted by Gasteiger charge is -2.23. The van der Waals surface area contributed by atoms with Gasteiger partial charge in [0.2, 0.25) is 5.91 Å². The summed E-state index contributed by atoms with van der Waals surface area (Å²) in [7, 11) is 3.43. The summed E-state index contributed by atoms with van der Waals surface area (Å²) in [4.78, 5) is 23.1. The lowest BCUT2D eigenvalue weighted by molar-refractivity contribution is -0.142. The van der Waals surface area contributed by atoms with Crippen LogP contribution in [0.1, 0.15) is 40.7 Å². The standard InChI is InChI=1S/C33H28F7N9OS2/c1-41-31-44-30-23(52-31)13-21(18-5-4-6-19-26(18)48(2)46-29(19)47-51-3)25(43-30)22(11-15-9-16(34)12-17(35)10-15)42-24(50)14-49-28-20(7-8-32(28,36)37)27(45-49)33(38,39)40/h4-6,9-10,12-13,22H,7-8,11,14H2,1-3H3,(H,42,50)(H,46,47)(H,41,43,44). The van der Waals surface area contributed by atoms with Crippen molar-refractivity contribution < 1.29 is 35.5 Å². The second kappa shape index (κ2) is 13.3. The Balaban J connectivity index is 1.38. The molecule has 1 unspecified atom stereocenters. The van der Waals surface area contributed by atoms with Gasteiger partial charge in [-0.2, -0.15) is 32.1 Å². The van der Waals surface area contributed by atoms with Crippen molar-refractivity contribution in [1.29, 1.82) is 0 Å². The van der Waals surface area contributed by atoms with Gasteiger partial charge in [0, 0.05) is 54.9 Å². The molecule has 0 radical (unpaired) electrons. The fraction of sp³-hybridized carbons (Fsp3) is 0.303. The van der Waals surface area contributed by atoms with Crippen molar-refractivity contribution in [2.75, 3.05) is 23.3 Å². The number of amides is 1. The maximum Gasteiger partial charge on any atom is 0.435 e. The summed E-state index contributed by atoms with van der Waals surface area (Å²) in [6.45, 7) is -0.999. The molecular formula is C33H28F7N9OS2. The van der Waals surface area contributed by atoms with E-state index in [2.05, 4.69) is 30.5 Å². The van der Waals surface area contributed by atoms with Crippen molar-refractivity contribution in [3.63, 3.8) is 0 Å². The monoisotopic (exact) mass is 763 g/mol. The summed E-state index contributed by atoms with van der Waals surface area (Å²) < 4.78 is 106. The first-order valence-corrected chi connectivity index (χ1v) is 17.7. The maximum atomic E-state index is 14.9. The number of benzene rings is 2. The highest BCUT2D eigenvalue weighted by Crippen LogP contribution is 2.46. The molecule has 0 fully saturated rings. The molecule has 4 aromatic heterocycles. The minimum Gasteiger partial charge on any atom is -0.365 e. The second-order valence-electron chi connectivity index (χ2n) is 12.1. The van der Waals surface area contributed by atoms with Gasteiger partial charge in [0.25, 0.3) is 5.92 Å². The number of halogens is 7. The molecule has 1 aliphatic carbocycles. The predicted molar refractivity (Wildman–Crippen MR) is 184 cm³/mol. The van der Waals surface area contributed by atoms with E-state index in [-0.39, 0.29) is 23.3 Å². The van der Waals surface area contributed by atoms with Crippen LogP contribution in [0.4, 0.5) is 41.7 Å². The Kier molecular flexibility index (Phi) is 9.04. The Morgan fingerprint density at radius 1 is 1.08 bits per heavy atom. The van der Waals surface area contributed by atoms with Gasteiger partial charge < -0.3 is 15.4 Å². The van der Waals surface area contributed by atoms with E-state index in [4.69, 9.17) is 4.98 Å². The number of rotatable bonds is 10. The molecule has 1 aliphatic rings. The quantitative estimate of drug-likeness (QED) is 0.0966. The van der Waals surface area contributed by atoms with Crippen molar-refractivity contribution in [3.05, 3.63) is 82.3 Å². The third kappa shape index (κ3) is 6.50. The normalized spacial score (nSPS) is 14.6. The average molecular weight is 764 g/mol. The van der Waals surface area contributed by atoms with Crippen LogP contribution >= 0.6 is 23.3 Å². The Morgan fingerprint density at radius 3 is 2.52 bits per heavy atom. The third-order valence-corrected chi connectivity index (χ3v) is 10.1. The lowest BCUT2D eigenvalue weighted by atomic mass is 9.94. The summed E-state index contributed by atoms with van der Waals surface area (Å²) in [5, 5.41) is 15.0. The molecule has 52 heavy (non-hydrogen) atoms. The van der Waals surface area contributed by atoms with Crippen molar-refractivity contribution in [2.24, 2.45) is 7.05 Å². The number of thiazole rings is 1. The van der Waals surface area contributed by atoms with Gasteiger partial charge in [0.15, 0.2) is 22.3 Å². The number of aryl methyl sites for hydroxylation is 1. The molecule has 0 aliphatic heterocycles. The maximum absolute atomic E-state index is 14.9. The Morgan fingerprint density at radius 2 is 1.83 bits per heavy atom. The fourth-order valence-electron chi connectivity index (χ4n) is 6.64. The summed E-state index contributed by atoms with van der Waals surface area (Å²) in [6, 6.07) is 8.91. The molecule has 7 rings (SSSR count). The fourth-order valence-corrected chi connectivity index (χ4v) is 7.78. The van der Waals surface area contributed by atoms with Crippen LogP contribution in [0, 0.1) is 11.6 Å². The van der Waals surface area contributed by atoms with E-state index in [1.54, 1.807) is 24.8 Å². The van der Waals surface area contributed by atoms with Crippen LogP contribution in [-0.4, -0.2) is 48.7 Å². The molecular weight excluding hydrogens is 736 g/mol. The smallest absolute Gasteiger partial charge is 0.365 e. The van der Waals surface area contributed by atoms with E-state index < -0.39 is 72.0 Å². The molecule has 0 spiro atoms. The Labute approximate surface area is 298 Å². The Bertz CT molecular complexity index is 2330. The summed E-state index contributed by atoms with van der Waals surface area (Å²) in [5.41, 5.74) is -0.745. The Hall–Kier alpha value is -4.91. The van der Waals surface area contributed by atoms with Crippen LogP contribution < -0.4 is 15.4 Å². The zero-order valence-electron chi connectivity index (χ0n) is 27.5. The topological polar surface area (TPSA) is 115 Å². The number of carbonyl (C=O) groups excluding carboxylic acids is 1. The lowest BCUT2D eigenvalue weighted by Crippen LogP contribution is -2.35. The minimum absolute atomic E-state index is 0.112. The molecule has 0 bridgehead atoms. The molecule has 0 saturated heterocycles. The van der Waals surface area contributed by atoms with E-state index in [0.717, 1.165) is 17.5 Å². The number of hydrogen-bond donors (Lipinski definition) is 3. The van der Waals surface area contributed by atoms with Gasteiger partial charge in [0.05, 0.1) is 22.0 Å². The van der Waals surface area contributed by atoms with E-state index in [9.17, 15) is 35.5 Å². The number of carbonyl (C=O) groups is 1. The number of nitrogens with zero attached hydrogens (tertiary/aromatic N) is 6. The van der Waals surface area contributed by atoms with E-state index in [1.165, 1.54) is 23.3 Å². The van der Waals surface area contributed by atoms with Gasteiger partial charge in [-0.3, -0.25) is 14.2 Å². The molecule has 272 valence electrons. The average Bonchev–Trinajstić information content (AvgIpc) is 3.82. The van der Waals surface area contributed by atoms with E-state index in [0.29, 0.717) is 43.0 Å². The molecule has 1 amide bonds. The van der Waals surface area contributed by atoms with Crippen LogP contribution in [0.15, 0.2) is 42.5 Å². The van der Waals surface area contributed by atoms with Gasteiger partial charge in [-0.05, 0) is 42.7 Å². The number of pyridine rings is 1. The van der Waals surface area contributed by atoms with Crippen LogP contribution in [0.25, 0.3) is 32.4 Å². The number of aromatic nitrogens is 6. The van der Waals surface area contributed by atoms with Gasteiger partial charge >= 0.3 is 6.18 Å². The number of nitrogens with one attached hydrogen (secondary N) is 3. The molecule has 2 aromatic carbocycles. The van der Waals surface area contributed by atoms with Gasteiger partial charge in [0.1, 0.15) is 23.9 Å². The number of hydrogen-bond acceptors (Lipinski definition) is 9. The molecule has 4 heterocycles. The van der Waals surface area contributed by atoms with Crippen LogP contribution in [0.5, 0.6) is 0 Å². The molecule has 6 aromatic rings. The highest BCUT2D eigenvalue weighted by atomic mass is 32.2. The van der Waals surface area contributed by atoms with Crippen molar-refractivity contribution >= 4 is 61.4 Å². The first kappa shape index (κ1) is 35.5. The highest BCUT2D eigenvalue weighted by molar-refractivity contribution is 7.99. The van der Waals surface area contributed by atoms with Gasteiger partial charge in [-0.1, -0.05) is 35.4 Å². The SMILES string of the molecule is CNc1nc2nc(C(Cc3cc(F)cc(F)c3)NC(=O)Cn3nc(C(F)(F)F)c4c3C(F)(F)CC4)c(-c3cccc4c(NSC)nn(C)c34)cc2s1. The number of para-hydroxylation sites is 1. The first-order valence-electron chi connectivity index (χ1n) is 15.7. The minimum atomic E-state index is -5.03. The molecule has 10 nitrogen and oxygen atoms in total. The first-order chi connectivity index (χ1) is 24.7. The van der Waals surface area contributed by atoms with Gasteiger partial charge in [-0.15, -0.1) is 0 Å². The predicted octanol–water partition coefficient (Wildman–Crippen LogP) is 7.61. The summed E-state index contributed by atoms with van der Waals surface area (Å²) in [5.74, 6) is -5.82. The van der Waals surface area contributed by atoms with Gasteiger partial charge in [-0.25, -0.2) is 18.7 Å². The molecule has 19 heteroatoms. The van der Waals surface area contributed by atoms with E-state index >= 15 is 0 Å². The third-order valence-electron chi connectivity index (χ3n) is 8.66. The van der Waals surface area contributed by atoms with Crippen LogP contribution in [-0.2, 0) is 43.3 Å². The van der Waals surface area contributed by atoms with Crippen LogP contribution in [0.2, 0.25) is 0 Å². The second-order valence-corrected chi connectivity index (χ2v) is 13.8. The van der Waals surface area contributed by atoms with Crippen LogP contribution in [0.3, 0.4) is 0 Å². The zero-order chi connectivity index (χ0) is 37.1. The summed E-state index contributed by atoms with van der Waals surface area (Å²) >= 11 is 2.65. The number of anilines is 2. The zero-order valence-corrected chi connectivity index (χ0v) is 29.1.